The Hall–Kier alpha value is -3.64. The summed E-state index contributed by atoms with van der Waals surface area (Å²) < 4.78 is 35.2. The third kappa shape index (κ3) is 6.87. The Morgan fingerprint density at radius 2 is 1.59 bits per heavy atom. The number of benzene rings is 1. The first-order chi connectivity index (χ1) is 18.2. The van der Waals surface area contributed by atoms with Crippen molar-refractivity contribution >= 4 is 33.7 Å². The Morgan fingerprint density at radius 1 is 1.03 bits per heavy atom. The molecule has 0 saturated carbocycles. The van der Waals surface area contributed by atoms with Crippen LogP contribution in [0.15, 0.2) is 54.9 Å². The fraction of sp³-hybridized carbons (Fsp3) is 0.444. The summed E-state index contributed by atoms with van der Waals surface area (Å²) in [6, 6.07) is 6.42. The first-order valence-corrected chi connectivity index (χ1v) is 14.4. The smallest absolute Gasteiger partial charge is 0.414 e. The summed E-state index contributed by atoms with van der Waals surface area (Å²) in [5.41, 5.74) is 2.28. The lowest BCUT2D eigenvalue weighted by atomic mass is 10.0. The van der Waals surface area contributed by atoms with Crippen molar-refractivity contribution in [3.8, 4) is 0 Å². The monoisotopic (exact) mass is 560 g/mol. The van der Waals surface area contributed by atoms with Gasteiger partial charge in [0.05, 0.1) is 43.5 Å². The van der Waals surface area contributed by atoms with Gasteiger partial charge in [-0.05, 0) is 50.1 Å². The zero-order chi connectivity index (χ0) is 29.1. The first-order valence-electron chi connectivity index (χ1n) is 12.5. The lowest BCUT2D eigenvalue weighted by Crippen LogP contribution is -2.53. The minimum atomic E-state index is -3.29. The molecular weight excluding hydrogens is 524 g/mol. The van der Waals surface area contributed by atoms with E-state index in [2.05, 4.69) is 13.2 Å². The summed E-state index contributed by atoms with van der Waals surface area (Å²) in [7, 11) is -2.01. The fourth-order valence-corrected chi connectivity index (χ4v) is 5.28. The number of piperazine rings is 2. The van der Waals surface area contributed by atoms with Crippen LogP contribution in [-0.4, -0.2) is 104 Å². The van der Waals surface area contributed by atoms with Crippen molar-refractivity contribution < 1.29 is 32.3 Å². The van der Waals surface area contributed by atoms with Crippen LogP contribution in [0.4, 0.5) is 9.59 Å². The topological polar surface area (TPSA) is 117 Å². The highest BCUT2D eigenvalue weighted by atomic mass is 32.2. The third-order valence-corrected chi connectivity index (χ3v) is 7.80. The molecule has 0 bridgehead atoms. The summed E-state index contributed by atoms with van der Waals surface area (Å²) >= 11 is 0. The van der Waals surface area contributed by atoms with Gasteiger partial charge < -0.3 is 14.4 Å². The molecule has 1 unspecified atom stereocenters. The van der Waals surface area contributed by atoms with Crippen molar-refractivity contribution in [3.05, 3.63) is 66.0 Å². The zero-order valence-corrected chi connectivity index (χ0v) is 23.9. The van der Waals surface area contributed by atoms with Crippen molar-refractivity contribution in [1.82, 2.24) is 19.0 Å². The molecule has 39 heavy (non-hydrogen) atoms. The van der Waals surface area contributed by atoms with Gasteiger partial charge in [-0.3, -0.25) is 14.6 Å². The van der Waals surface area contributed by atoms with E-state index in [1.807, 2.05) is 0 Å². The maximum Gasteiger partial charge on any atom is 0.414 e. The van der Waals surface area contributed by atoms with Crippen molar-refractivity contribution in [2.24, 2.45) is 0 Å². The predicted octanol–water partition coefficient (Wildman–Crippen LogP) is 3.13. The van der Waals surface area contributed by atoms with E-state index in [1.165, 1.54) is 21.2 Å². The highest BCUT2D eigenvalue weighted by molar-refractivity contribution is 7.88. The summed E-state index contributed by atoms with van der Waals surface area (Å²) in [6.45, 7) is 14.7. The number of sulfonamides is 1. The fourth-order valence-electron chi connectivity index (χ4n) is 4.46. The number of amides is 3. The van der Waals surface area contributed by atoms with Gasteiger partial charge in [0.2, 0.25) is 10.0 Å². The zero-order valence-electron chi connectivity index (χ0n) is 23.0. The number of carbonyl (C=O) groups excluding carboxylic acids is 3. The van der Waals surface area contributed by atoms with Crippen molar-refractivity contribution in [3.63, 3.8) is 0 Å². The van der Waals surface area contributed by atoms with Crippen molar-refractivity contribution in [2.75, 3.05) is 46.1 Å². The van der Waals surface area contributed by atoms with Gasteiger partial charge in [0, 0.05) is 31.7 Å². The Kier molecular flexibility index (Phi) is 9.23. The Balaban J connectivity index is 1.82. The third-order valence-electron chi connectivity index (χ3n) is 6.50. The number of allylic oxidation sites excluding steroid dienone is 2. The molecule has 2 saturated heterocycles. The molecule has 2 aliphatic heterocycles. The van der Waals surface area contributed by atoms with Crippen LogP contribution in [0.3, 0.4) is 0 Å². The number of rotatable bonds is 5. The normalized spacial score (nSPS) is 19.8. The molecule has 1 aromatic carbocycles. The lowest BCUT2D eigenvalue weighted by Gasteiger charge is -2.41. The minimum Gasteiger partial charge on any atom is -0.452 e. The number of methoxy groups -OCH3 is 1. The van der Waals surface area contributed by atoms with E-state index in [0.29, 0.717) is 35.5 Å². The highest BCUT2D eigenvalue weighted by Crippen LogP contribution is 2.31. The van der Waals surface area contributed by atoms with Gasteiger partial charge >= 0.3 is 12.2 Å². The maximum atomic E-state index is 13.0. The first kappa shape index (κ1) is 29.9. The molecule has 2 fully saturated rings. The maximum absolute atomic E-state index is 13.0. The number of hydrogen-bond acceptors (Lipinski definition) is 7. The second-order valence-corrected chi connectivity index (χ2v) is 11.7. The SMILES string of the molecule is C=C(/C=C1\C(=C)N(C(=O)OC)C(C)CN1C(=O)OC(C)C)c1ccc(C(=O)N2CCN(S(C)(=O)=O)CC2)cc1. The van der Waals surface area contributed by atoms with Crippen LogP contribution in [0.5, 0.6) is 0 Å². The van der Waals surface area contributed by atoms with E-state index in [1.54, 1.807) is 56.0 Å². The number of hydrogen-bond donors (Lipinski definition) is 0. The molecule has 0 aromatic heterocycles. The Morgan fingerprint density at radius 3 is 2.10 bits per heavy atom. The van der Waals surface area contributed by atoms with E-state index in [-0.39, 0.29) is 37.3 Å². The van der Waals surface area contributed by atoms with E-state index in [0.717, 1.165) is 6.26 Å². The Labute approximate surface area is 230 Å². The highest BCUT2D eigenvalue weighted by Gasteiger charge is 2.38. The van der Waals surface area contributed by atoms with Crippen LogP contribution in [0.2, 0.25) is 0 Å². The summed E-state index contributed by atoms with van der Waals surface area (Å²) in [5.74, 6) is -0.190. The molecule has 2 heterocycles. The molecular formula is C27H36N4O7S. The number of carbonyl (C=O) groups is 3. The molecule has 1 atom stereocenters. The molecule has 0 N–H and O–H groups in total. The average Bonchev–Trinajstić information content (AvgIpc) is 2.88. The van der Waals surface area contributed by atoms with Crippen LogP contribution < -0.4 is 0 Å². The van der Waals surface area contributed by atoms with Gasteiger partial charge in [0.25, 0.3) is 5.91 Å². The van der Waals surface area contributed by atoms with Crippen LogP contribution in [0.25, 0.3) is 5.57 Å². The second kappa shape index (κ2) is 12.0. The van der Waals surface area contributed by atoms with Gasteiger partial charge in [-0.25, -0.2) is 18.0 Å². The van der Waals surface area contributed by atoms with Gasteiger partial charge in [-0.2, -0.15) is 4.31 Å². The van der Waals surface area contributed by atoms with E-state index in [4.69, 9.17) is 9.47 Å². The largest absolute Gasteiger partial charge is 0.452 e. The van der Waals surface area contributed by atoms with Gasteiger partial charge in [0.1, 0.15) is 0 Å². The molecule has 212 valence electrons. The minimum absolute atomic E-state index is 0.165. The van der Waals surface area contributed by atoms with Gasteiger partial charge in [-0.15, -0.1) is 0 Å². The predicted molar refractivity (Wildman–Crippen MR) is 147 cm³/mol. The number of ether oxygens (including phenoxy) is 2. The second-order valence-electron chi connectivity index (χ2n) is 9.77. The molecule has 2 aliphatic rings. The van der Waals surface area contributed by atoms with E-state index >= 15 is 0 Å². The number of nitrogens with zero attached hydrogens (tertiary/aromatic N) is 4. The molecule has 11 nitrogen and oxygen atoms in total. The van der Waals surface area contributed by atoms with Crippen LogP contribution in [0.1, 0.15) is 36.7 Å². The van der Waals surface area contributed by atoms with Gasteiger partial charge in [0.15, 0.2) is 0 Å². The Bertz CT molecular complexity index is 1280. The molecule has 3 rings (SSSR count). The van der Waals surface area contributed by atoms with Crippen LogP contribution >= 0.6 is 0 Å². The van der Waals surface area contributed by atoms with E-state index in [9.17, 15) is 22.8 Å². The van der Waals surface area contributed by atoms with Crippen LogP contribution in [-0.2, 0) is 19.5 Å². The lowest BCUT2D eigenvalue weighted by molar-refractivity contribution is 0.0647. The summed E-state index contributed by atoms with van der Waals surface area (Å²) in [5, 5.41) is 0. The molecule has 0 radical (unpaired) electrons. The summed E-state index contributed by atoms with van der Waals surface area (Å²) in [4.78, 5) is 42.7. The summed E-state index contributed by atoms with van der Waals surface area (Å²) in [6.07, 6.45) is 1.30. The molecule has 12 heteroatoms. The molecule has 1 aromatic rings. The quantitative estimate of drug-likeness (QED) is 0.543. The van der Waals surface area contributed by atoms with Gasteiger partial charge in [-0.1, -0.05) is 25.3 Å². The standard InChI is InChI=1S/C27H36N4O7S/c1-18(2)38-26(33)30-17-20(4)31(27(34)37-6)21(5)24(30)16-19(3)22-8-10-23(11-9-22)25(32)28-12-14-29(15-13-28)39(7,35)36/h8-11,16,18,20H,3,5,12-15,17H2,1-2,4,6-7H3/b24-16+. The van der Waals surface area contributed by atoms with Crippen LogP contribution in [0, 0.1) is 0 Å². The van der Waals surface area contributed by atoms with E-state index < -0.39 is 28.3 Å². The van der Waals surface area contributed by atoms with Crippen molar-refractivity contribution in [2.45, 2.75) is 32.9 Å². The van der Waals surface area contributed by atoms with Crippen molar-refractivity contribution in [1.29, 1.82) is 0 Å². The molecule has 3 amide bonds. The molecule has 0 spiro atoms. The molecule has 0 aliphatic carbocycles. The average molecular weight is 561 g/mol.